The highest BCUT2D eigenvalue weighted by atomic mass is 16.5. The third kappa shape index (κ3) is 3.92. The number of ether oxygens (including phenoxy) is 1. The zero-order valence-electron chi connectivity index (χ0n) is 9.37. The van der Waals surface area contributed by atoms with Gasteiger partial charge in [0.25, 0.3) is 0 Å². The molecule has 16 heavy (non-hydrogen) atoms. The summed E-state index contributed by atoms with van der Waals surface area (Å²) in [6.07, 6.45) is 4.57. The van der Waals surface area contributed by atoms with E-state index in [1.54, 1.807) is 0 Å². The van der Waals surface area contributed by atoms with Crippen molar-refractivity contribution in [1.29, 1.82) is 5.41 Å². The summed E-state index contributed by atoms with van der Waals surface area (Å²) in [5.41, 5.74) is 5.44. The molecule has 1 aliphatic carbocycles. The topological polar surface area (TPSA) is 88.2 Å². The first-order chi connectivity index (χ1) is 7.63. The van der Waals surface area contributed by atoms with Crippen LogP contribution >= 0.6 is 0 Å². The van der Waals surface area contributed by atoms with E-state index in [4.69, 9.17) is 15.9 Å². The first-order valence-electron chi connectivity index (χ1n) is 5.51. The molecule has 0 aromatic rings. The molecule has 90 valence electrons. The number of amidine groups is 1. The molecule has 0 saturated heterocycles. The van der Waals surface area contributed by atoms with Crippen LogP contribution in [0.2, 0.25) is 0 Å². The van der Waals surface area contributed by atoms with Gasteiger partial charge in [0, 0.05) is 12.0 Å². The molecule has 1 fully saturated rings. The van der Waals surface area contributed by atoms with Crippen molar-refractivity contribution in [2.75, 3.05) is 6.61 Å². The highest BCUT2D eigenvalue weighted by molar-refractivity contribution is 5.79. The lowest BCUT2D eigenvalue weighted by Crippen LogP contribution is -2.39. The summed E-state index contributed by atoms with van der Waals surface area (Å²) >= 11 is 0. The summed E-state index contributed by atoms with van der Waals surface area (Å²) in [4.78, 5) is 11.2. The second-order valence-corrected chi connectivity index (χ2v) is 4.04. The Morgan fingerprint density at radius 3 is 2.62 bits per heavy atom. The zero-order valence-corrected chi connectivity index (χ0v) is 9.37. The van der Waals surface area contributed by atoms with Crippen molar-refractivity contribution in [3.8, 4) is 0 Å². The van der Waals surface area contributed by atoms with Gasteiger partial charge in [0.2, 0.25) is 0 Å². The highest BCUT2D eigenvalue weighted by Gasteiger charge is 2.24. The Labute approximate surface area is 95.5 Å². The molecule has 1 saturated carbocycles. The standard InChI is InChI=1S/C11H19N3O2/c1-2-7-16-11(15)14-9-5-3-8(4-6-9)10(12)13/h2,8-9H,1,3-7H2,(H3,12,13)(H,14,15). The van der Waals surface area contributed by atoms with Crippen molar-refractivity contribution in [3.05, 3.63) is 12.7 Å². The molecule has 0 aliphatic heterocycles. The fourth-order valence-electron chi connectivity index (χ4n) is 1.89. The molecule has 0 bridgehead atoms. The molecule has 0 aromatic carbocycles. The van der Waals surface area contributed by atoms with Gasteiger partial charge in [0.05, 0.1) is 5.84 Å². The summed E-state index contributed by atoms with van der Waals surface area (Å²) in [6.45, 7) is 3.70. The van der Waals surface area contributed by atoms with Gasteiger partial charge in [-0.2, -0.15) is 0 Å². The first kappa shape index (κ1) is 12.5. The Hall–Kier alpha value is -1.52. The van der Waals surface area contributed by atoms with Crippen molar-refractivity contribution in [2.24, 2.45) is 11.7 Å². The highest BCUT2D eigenvalue weighted by Crippen LogP contribution is 2.23. The van der Waals surface area contributed by atoms with Crippen LogP contribution in [0.5, 0.6) is 0 Å². The van der Waals surface area contributed by atoms with E-state index in [1.165, 1.54) is 6.08 Å². The van der Waals surface area contributed by atoms with Crippen LogP contribution in [-0.4, -0.2) is 24.6 Å². The van der Waals surface area contributed by atoms with Gasteiger partial charge in [-0.1, -0.05) is 12.7 Å². The van der Waals surface area contributed by atoms with Crippen LogP contribution in [0.25, 0.3) is 0 Å². The van der Waals surface area contributed by atoms with Crippen molar-refractivity contribution in [3.63, 3.8) is 0 Å². The number of carbonyl (C=O) groups excluding carboxylic acids is 1. The molecule has 0 atom stereocenters. The molecule has 1 aliphatic rings. The Balaban J connectivity index is 2.23. The smallest absolute Gasteiger partial charge is 0.407 e. The van der Waals surface area contributed by atoms with Crippen LogP contribution in [0.4, 0.5) is 4.79 Å². The van der Waals surface area contributed by atoms with Gasteiger partial charge in [0.1, 0.15) is 6.61 Å². The lowest BCUT2D eigenvalue weighted by molar-refractivity contribution is 0.150. The lowest BCUT2D eigenvalue weighted by Gasteiger charge is -2.27. The van der Waals surface area contributed by atoms with Crippen molar-refractivity contribution >= 4 is 11.9 Å². The van der Waals surface area contributed by atoms with Gasteiger partial charge in [-0.05, 0) is 25.7 Å². The van der Waals surface area contributed by atoms with Gasteiger partial charge >= 0.3 is 6.09 Å². The Morgan fingerprint density at radius 1 is 1.50 bits per heavy atom. The summed E-state index contributed by atoms with van der Waals surface area (Å²) < 4.78 is 4.83. The molecule has 0 heterocycles. The maximum atomic E-state index is 11.2. The summed E-state index contributed by atoms with van der Waals surface area (Å²) in [5.74, 6) is 0.440. The summed E-state index contributed by atoms with van der Waals surface area (Å²) in [7, 11) is 0. The lowest BCUT2D eigenvalue weighted by atomic mass is 9.85. The average Bonchev–Trinajstić information content (AvgIpc) is 2.27. The molecular formula is C11H19N3O2. The molecule has 0 unspecified atom stereocenters. The number of nitrogens with two attached hydrogens (primary N) is 1. The van der Waals surface area contributed by atoms with E-state index in [9.17, 15) is 4.79 Å². The van der Waals surface area contributed by atoms with E-state index in [1.807, 2.05) is 0 Å². The van der Waals surface area contributed by atoms with Gasteiger partial charge in [0.15, 0.2) is 0 Å². The summed E-state index contributed by atoms with van der Waals surface area (Å²) in [6, 6.07) is 0.146. The van der Waals surface area contributed by atoms with E-state index in [0.717, 1.165) is 25.7 Å². The minimum absolute atomic E-state index is 0.146. The number of nitrogens with one attached hydrogen (secondary N) is 2. The Kier molecular flexibility index (Phi) is 4.82. The van der Waals surface area contributed by atoms with Crippen LogP contribution in [0, 0.1) is 11.3 Å². The van der Waals surface area contributed by atoms with Crippen molar-refractivity contribution in [2.45, 2.75) is 31.7 Å². The van der Waals surface area contributed by atoms with E-state index < -0.39 is 6.09 Å². The third-order valence-electron chi connectivity index (χ3n) is 2.82. The maximum absolute atomic E-state index is 11.2. The molecule has 0 radical (unpaired) electrons. The second kappa shape index (κ2) is 6.15. The Bertz CT molecular complexity index is 270. The van der Waals surface area contributed by atoms with Gasteiger partial charge in [-0.25, -0.2) is 4.79 Å². The quantitative estimate of drug-likeness (QED) is 0.384. The van der Waals surface area contributed by atoms with Crippen LogP contribution < -0.4 is 11.1 Å². The van der Waals surface area contributed by atoms with Crippen LogP contribution in [0.15, 0.2) is 12.7 Å². The molecule has 0 aromatic heterocycles. The van der Waals surface area contributed by atoms with Crippen LogP contribution in [0.1, 0.15) is 25.7 Å². The molecule has 0 spiro atoms. The van der Waals surface area contributed by atoms with E-state index >= 15 is 0 Å². The summed E-state index contributed by atoms with van der Waals surface area (Å²) in [5, 5.41) is 10.1. The average molecular weight is 225 g/mol. The monoisotopic (exact) mass is 225 g/mol. The van der Waals surface area contributed by atoms with Crippen molar-refractivity contribution in [1.82, 2.24) is 5.32 Å². The molecule has 1 amide bonds. The van der Waals surface area contributed by atoms with Gasteiger partial charge in [-0.3, -0.25) is 5.41 Å². The minimum Gasteiger partial charge on any atom is -0.445 e. The molecule has 5 heteroatoms. The SMILES string of the molecule is C=CCOC(=O)NC1CCC(C(=N)N)CC1. The maximum Gasteiger partial charge on any atom is 0.407 e. The number of carbonyl (C=O) groups is 1. The van der Waals surface area contributed by atoms with E-state index in [0.29, 0.717) is 0 Å². The number of amides is 1. The fourth-order valence-corrected chi connectivity index (χ4v) is 1.89. The van der Waals surface area contributed by atoms with E-state index in [-0.39, 0.29) is 24.4 Å². The number of hydrogen-bond acceptors (Lipinski definition) is 3. The van der Waals surface area contributed by atoms with Gasteiger partial charge < -0.3 is 15.8 Å². The minimum atomic E-state index is -0.397. The number of hydrogen-bond donors (Lipinski definition) is 3. The normalized spacial score (nSPS) is 24.5. The predicted octanol–water partition coefficient (Wildman–Crippen LogP) is 1.39. The van der Waals surface area contributed by atoms with Crippen LogP contribution in [-0.2, 0) is 4.74 Å². The zero-order chi connectivity index (χ0) is 12.0. The number of rotatable bonds is 4. The predicted molar refractivity (Wildman–Crippen MR) is 62.3 cm³/mol. The molecular weight excluding hydrogens is 206 g/mol. The second-order valence-electron chi connectivity index (χ2n) is 4.04. The fraction of sp³-hybridized carbons (Fsp3) is 0.636. The molecule has 4 N–H and O–H groups in total. The van der Waals surface area contributed by atoms with Crippen molar-refractivity contribution < 1.29 is 9.53 Å². The third-order valence-corrected chi connectivity index (χ3v) is 2.82. The van der Waals surface area contributed by atoms with Crippen LogP contribution in [0.3, 0.4) is 0 Å². The van der Waals surface area contributed by atoms with E-state index in [2.05, 4.69) is 11.9 Å². The molecule has 5 nitrogen and oxygen atoms in total. The molecule has 1 rings (SSSR count). The van der Waals surface area contributed by atoms with Gasteiger partial charge in [-0.15, -0.1) is 0 Å². The number of alkyl carbamates (subject to hydrolysis) is 1. The first-order valence-corrected chi connectivity index (χ1v) is 5.51. The Morgan fingerprint density at radius 2 is 2.12 bits per heavy atom. The largest absolute Gasteiger partial charge is 0.445 e.